The first-order valence-electron chi connectivity index (χ1n) is 4.15. The first-order chi connectivity index (χ1) is 5.33. The molecule has 0 heterocycles. The highest BCUT2D eigenvalue weighted by Gasteiger charge is 2.40. The summed E-state index contributed by atoms with van der Waals surface area (Å²) >= 11 is 0. The number of carbonyl (C=O) groups is 1. The van der Waals surface area contributed by atoms with Gasteiger partial charge in [0.05, 0.1) is 0 Å². The van der Waals surface area contributed by atoms with Crippen LogP contribution in [0.4, 0.5) is 0 Å². The van der Waals surface area contributed by atoms with Crippen LogP contribution in [0.15, 0.2) is 12.7 Å². The molecule has 1 saturated carbocycles. The third kappa shape index (κ3) is 1.82. The van der Waals surface area contributed by atoms with E-state index in [4.69, 9.17) is 0 Å². The molecule has 1 aliphatic carbocycles. The standard InChI is InChI=1S/C9H15NO/c1-3-7(4-2)8-5-9(8)10-6-11/h3,6-9H,1,4-5H2,2H3,(H,10,11). The average Bonchev–Trinajstić information content (AvgIpc) is 2.72. The van der Waals surface area contributed by atoms with Crippen LogP contribution < -0.4 is 5.32 Å². The van der Waals surface area contributed by atoms with Crippen molar-refractivity contribution in [3.8, 4) is 0 Å². The SMILES string of the molecule is C=CC(CC)C1CC1NC=O. The molecule has 0 aromatic heterocycles. The summed E-state index contributed by atoms with van der Waals surface area (Å²) in [5.41, 5.74) is 0. The molecule has 0 spiro atoms. The fourth-order valence-electron chi connectivity index (χ4n) is 1.61. The van der Waals surface area contributed by atoms with Crippen LogP contribution in [0.25, 0.3) is 0 Å². The number of hydrogen-bond acceptors (Lipinski definition) is 1. The van der Waals surface area contributed by atoms with E-state index in [-0.39, 0.29) is 0 Å². The van der Waals surface area contributed by atoms with Crippen molar-refractivity contribution in [2.45, 2.75) is 25.8 Å². The average molecular weight is 153 g/mol. The Balaban J connectivity index is 2.28. The molecule has 11 heavy (non-hydrogen) atoms. The number of hydrogen-bond donors (Lipinski definition) is 1. The second-order valence-electron chi connectivity index (χ2n) is 3.10. The Morgan fingerprint density at radius 2 is 2.55 bits per heavy atom. The van der Waals surface area contributed by atoms with Gasteiger partial charge in [-0.15, -0.1) is 6.58 Å². The first-order valence-corrected chi connectivity index (χ1v) is 4.15. The van der Waals surface area contributed by atoms with Gasteiger partial charge in [-0.25, -0.2) is 0 Å². The Morgan fingerprint density at radius 3 is 3.00 bits per heavy atom. The molecule has 1 rings (SSSR count). The molecule has 0 aliphatic heterocycles. The van der Waals surface area contributed by atoms with Crippen LogP contribution in [0.2, 0.25) is 0 Å². The van der Waals surface area contributed by atoms with Crippen LogP contribution in [0.1, 0.15) is 19.8 Å². The van der Waals surface area contributed by atoms with Gasteiger partial charge < -0.3 is 5.32 Å². The van der Waals surface area contributed by atoms with E-state index in [9.17, 15) is 4.79 Å². The van der Waals surface area contributed by atoms with Crippen molar-refractivity contribution in [3.63, 3.8) is 0 Å². The second kappa shape index (κ2) is 3.56. The van der Waals surface area contributed by atoms with Crippen molar-refractivity contribution < 1.29 is 4.79 Å². The van der Waals surface area contributed by atoms with Crippen LogP contribution in [-0.4, -0.2) is 12.5 Å². The molecule has 1 N–H and O–H groups in total. The lowest BCUT2D eigenvalue weighted by Crippen LogP contribution is -2.17. The molecule has 3 unspecified atom stereocenters. The fourth-order valence-corrected chi connectivity index (χ4v) is 1.61. The molecule has 0 aromatic carbocycles. The minimum atomic E-state index is 0.426. The van der Waals surface area contributed by atoms with E-state index in [1.807, 2.05) is 6.08 Å². The van der Waals surface area contributed by atoms with Gasteiger partial charge in [0.25, 0.3) is 0 Å². The van der Waals surface area contributed by atoms with Gasteiger partial charge in [-0.05, 0) is 24.7 Å². The maximum atomic E-state index is 10.1. The lowest BCUT2D eigenvalue weighted by molar-refractivity contribution is -0.109. The van der Waals surface area contributed by atoms with E-state index in [1.165, 1.54) is 0 Å². The summed E-state index contributed by atoms with van der Waals surface area (Å²) in [5.74, 6) is 1.25. The highest BCUT2D eigenvalue weighted by Crippen LogP contribution is 2.39. The zero-order chi connectivity index (χ0) is 8.27. The molecule has 62 valence electrons. The van der Waals surface area contributed by atoms with Crippen LogP contribution in [0, 0.1) is 11.8 Å². The maximum Gasteiger partial charge on any atom is 0.207 e. The molecular weight excluding hydrogens is 138 g/mol. The summed E-state index contributed by atoms with van der Waals surface area (Å²) in [4.78, 5) is 10.1. The molecule has 1 amide bonds. The third-order valence-electron chi connectivity index (χ3n) is 2.45. The topological polar surface area (TPSA) is 29.1 Å². The molecule has 0 radical (unpaired) electrons. The van der Waals surface area contributed by atoms with Gasteiger partial charge in [-0.3, -0.25) is 4.79 Å². The van der Waals surface area contributed by atoms with Gasteiger partial charge in [0, 0.05) is 6.04 Å². The van der Waals surface area contributed by atoms with Gasteiger partial charge in [0.2, 0.25) is 6.41 Å². The second-order valence-corrected chi connectivity index (χ2v) is 3.10. The molecule has 1 aliphatic rings. The Kier molecular flexibility index (Phi) is 2.69. The molecule has 0 aromatic rings. The van der Waals surface area contributed by atoms with E-state index in [1.54, 1.807) is 0 Å². The van der Waals surface area contributed by atoms with E-state index < -0.39 is 0 Å². The van der Waals surface area contributed by atoms with Crippen molar-refractivity contribution in [1.29, 1.82) is 0 Å². The van der Waals surface area contributed by atoms with Crippen molar-refractivity contribution in [3.05, 3.63) is 12.7 Å². The maximum absolute atomic E-state index is 10.1. The number of amides is 1. The summed E-state index contributed by atoms with van der Waals surface area (Å²) in [6.07, 6.45) is 5.05. The predicted octanol–water partition coefficient (Wildman–Crippen LogP) is 1.33. The van der Waals surface area contributed by atoms with Crippen molar-refractivity contribution in [2.24, 2.45) is 11.8 Å². The number of nitrogens with one attached hydrogen (secondary N) is 1. The van der Waals surface area contributed by atoms with Gasteiger partial charge in [-0.2, -0.15) is 0 Å². The van der Waals surface area contributed by atoms with Gasteiger partial charge in [0.1, 0.15) is 0 Å². The molecule has 2 nitrogen and oxygen atoms in total. The van der Waals surface area contributed by atoms with Crippen molar-refractivity contribution >= 4 is 6.41 Å². The molecule has 1 fully saturated rings. The Morgan fingerprint density at radius 1 is 1.82 bits per heavy atom. The highest BCUT2D eigenvalue weighted by atomic mass is 16.1. The van der Waals surface area contributed by atoms with E-state index in [0.717, 1.165) is 19.3 Å². The van der Waals surface area contributed by atoms with Crippen LogP contribution in [0.3, 0.4) is 0 Å². The molecule has 0 saturated heterocycles. The van der Waals surface area contributed by atoms with E-state index in [0.29, 0.717) is 17.9 Å². The van der Waals surface area contributed by atoms with Gasteiger partial charge in [0.15, 0.2) is 0 Å². The minimum absolute atomic E-state index is 0.426. The van der Waals surface area contributed by atoms with Gasteiger partial charge >= 0.3 is 0 Å². The Labute approximate surface area is 67.7 Å². The summed E-state index contributed by atoms with van der Waals surface area (Å²) in [6, 6.07) is 0.426. The first kappa shape index (κ1) is 8.31. The largest absolute Gasteiger partial charge is 0.356 e. The Bertz CT molecular complexity index is 156. The van der Waals surface area contributed by atoms with Crippen molar-refractivity contribution in [2.75, 3.05) is 0 Å². The Hall–Kier alpha value is -0.790. The lowest BCUT2D eigenvalue weighted by atomic mass is 10.0. The molecule has 2 heteroatoms. The van der Waals surface area contributed by atoms with Crippen LogP contribution in [-0.2, 0) is 4.79 Å². The monoisotopic (exact) mass is 153 g/mol. The quantitative estimate of drug-likeness (QED) is 0.468. The smallest absolute Gasteiger partial charge is 0.207 e. The molecule has 3 atom stereocenters. The fraction of sp³-hybridized carbons (Fsp3) is 0.667. The summed E-state index contributed by atoms with van der Waals surface area (Å²) in [7, 11) is 0. The number of rotatable bonds is 5. The predicted molar refractivity (Wildman–Crippen MR) is 45.1 cm³/mol. The number of allylic oxidation sites excluding steroid dienone is 1. The van der Waals surface area contributed by atoms with E-state index >= 15 is 0 Å². The summed E-state index contributed by atoms with van der Waals surface area (Å²) < 4.78 is 0. The zero-order valence-corrected chi connectivity index (χ0v) is 6.92. The van der Waals surface area contributed by atoms with Gasteiger partial charge in [-0.1, -0.05) is 13.0 Å². The minimum Gasteiger partial charge on any atom is -0.356 e. The molecule has 0 bridgehead atoms. The van der Waals surface area contributed by atoms with Crippen molar-refractivity contribution in [1.82, 2.24) is 5.32 Å². The summed E-state index contributed by atoms with van der Waals surface area (Å²) in [6.45, 7) is 5.93. The van der Waals surface area contributed by atoms with Crippen LogP contribution in [0.5, 0.6) is 0 Å². The summed E-state index contributed by atoms with van der Waals surface area (Å²) in [5, 5.41) is 2.79. The highest BCUT2D eigenvalue weighted by molar-refractivity contribution is 5.47. The van der Waals surface area contributed by atoms with Crippen LogP contribution >= 0.6 is 0 Å². The third-order valence-corrected chi connectivity index (χ3v) is 2.45. The molecular formula is C9H15NO. The lowest BCUT2D eigenvalue weighted by Gasteiger charge is -2.07. The normalized spacial score (nSPS) is 30.6. The zero-order valence-electron chi connectivity index (χ0n) is 6.92. The van der Waals surface area contributed by atoms with E-state index in [2.05, 4.69) is 18.8 Å². The number of carbonyl (C=O) groups excluding carboxylic acids is 1.